The Kier molecular flexibility index (Phi) is 7.61. The molecule has 0 fully saturated rings. The molecule has 1 atom stereocenters. The van der Waals surface area contributed by atoms with E-state index >= 15 is 0 Å². The molecule has 0 spiro atoms. The highest BCUT2D eigenvalue weighted by atomic mass is 32.2. The predicted molar refractivity (Wildman–Crippen MR) is 129 cm³/mol. The molecular weight excluding hydrogens is 550 g/mol. The smallest absolute Gasteiger partial charge is 0.348 e. The van der Waals surface area contributed by atoms with Crippen LogP contribution in [-0.2, 0) is 29.1 Å². The first-order valence-corrected chi connectivity index (χ1v) is 13.3. The Morgan fingerprint density at radius 3 is 2.23 bits per heavy atom. The fourth-order valence-corrected chi connectivity index (χ4v) is 5.03. The van der Waals surface area contributed by atoms with Crippen molar-refractivity contribution < 1.29 is 39.6 Å². The molecule has 0 saturated heterocycles. The van der Waals surface area contributed by atoms with Crippen molar-refractivity contribution in [3.8, 4) is 0 Å². The Morgan fingerprint density at radius 2 is 1.67 bits per heavy atom. The maximum absolute atomic E-state index is 13.9. The van der Waals surface area contributed by atoms with E-state index in [-0.39, 0.29) is 46.4 Å². The molecule has 0 saturated carbocycles. The van der Waals surface area contributed by atoms with Crippen LogP contribution in [0.15, 0.2) is 59.8 Å². The SMILES string of the molecule is CCS(=O)(=O)c1ccc(CNC(=O)c2ccc3c(c2)CN(c2ncc(C(F)(F)F)cn2)CC3C(F)(F)F)cc1. The average molecular weight is 573 g/mol. The summed E-state index contributed by atoms with van der Waals surface area (Å²) in [6.45, 7) is 0.812. The topological polar surface area (TPSA) is 92.3 Å². The molecule has 0 aliphatic carbocycles. The number of rotatable bonds is 6. The minimum absolute atomic E-state index is 0.0407. The molecule has 14 heteroatoms. The first-order chi connectivity index (χ1) is 18.2. The molecule has 1 aliphatic rings. The van der Waals surface area contributed by atoms with E-state index in [2.05, 4.69) is 15.3 Å². The Balaban J connectivity index is 1.54. The van der Waals surface area contributed by atoms with E-state index in [1.54, 1.807) is 12.1 Å². The lowest BCUT2D eigenvalue weighted by molar-refractivity contribution is -0.149. The number of halogens is 6. The van der Waals surface area contributed by atoms with Crippen LogP contribution in [0.5, 0.6) is 0 Å². The van der Waals surface area contributed by atoms with Gasteiger partial charge in [-0.2, -0.15) is 26.3 Å². The Bertz CT molecular complexity index is 1460. The molecular formula is C25H22F6N4O3S. The highest BCUT2D eigenvalue weighted by Crippen LogP contribution is 2.41. The van der Waals surface area contributed by atoms with Gasteiger partial charge in [0.25, 0.3) is 5.91 Å². The van der Waals surface area contributed by atoms with Gasteiger partial charge in [0.05, 0.1) is 22.1 Å². The number of anilines is 1. The molecule has 0 radical (unpaired) electrons. The molecule has 1 amide bonds. The van der Waals surface area contributed by atoms with Crippen LogP contribution in [0, 0.1) is 0 Å². The summed E-state index contributed by atoms with van der Waals surface area (Å²) >= 11 is 0. The summed E-state index contributed by atoms with van der Waals surface area (Å²) in [5, 5.41) is 2.64. The lowest BCUT2D eigenvalue weighted by atomic mass is 9.88. The molecule has 208 valence electrons. The number of hydrogen-bond donors (Lipinski definition) is 1. The van der Waals surface area contributed by atoms with Gasteiger partial charge in [0.15, 0.2) is 9.84 Å². The monoisotopic (exact) mass is 572 g/mol. The van der Waals surface area contributed by atoms with Crippen molar-refractivity contribution in [2.24, 2.45) is 0 Å². The zero-order valence-corrected chi connectivity index (χ0v) is 21.2. The number of fused-ring (bicyclic) bond motifs is 1. The molecule has 7 nitrogen and oxygen atoms in total. The van der Waals surface area contributed by atoms with Gasteiger partial charge in [0, 0.05) is 37.6 Å². The predicted octanol–water partition coefficient (Wildman–Crippen LogP) is 4.89. The summed E-state index contributed by atoms with van der Waals surface area (Å²) in [5.41, 5.74) is -0.324. The van der Waals surface area contributed by atoms with E-state index in [0.717, 1.165) is 4.90 Å². The van der Waals surface area contributed by atoms with Crippen LogP contribution >= 0.6 is 0 Å². The van der Waals surface area contributed by atoms with Crippen molar-refractivity contribution in [3.05, 3.63) is 82.7 Å². The van der Waals surface area contributed by atoms with Gasteiger partial charge < -0.3 is 10.2 Å². The quantitative estimate of drug-likeness (QED) is 0.424. The number of aromatic nitrogens is 2. The van der Waals surface area contributed by atoms with Crippen molar-refractivity contribution in [1.29, 1.82) is 0 Å². The summed E-state index contributed by atoms with van der Waals surface area (Å²) in [7, 11) is -3.38. The lowest BCUT2D eigenvalue weighted by Crippen LogP contribution is -2.40. The zero-order valence-electron chi connectivity index (χ0n) is 20.3. The van der Waals surface area contributed by atoms with Crippen molar-refractivity contribution in [2.75, 3.05) is 17.2 Å². The van der Waals surface area contributed by atoms with Crippen LogP contribution in [0.4, 0.5) is 32.3 Å². The molecule has 39 heavy (non-hydrogen) atoms. The molecule has 1 N–H and O–H groups in total. The average Bonchev–Trinajstić information content (AvgIpc) is 2.90. The number of benzene rings is 2. The zero-order chi connectivity index (χ0) is 28.6. The number of carbonyl (C=O) groups is 1. The number of sulfone groups is 1. The minimum atomic E-state index is -4.70. The largest absolute Gasteiger partial charge is 0.419 e. The van der Waals surface area contributed by atoms with E-state index in [1.165, 1.54) is 37.3 Å². The van der Waals surface area contributed by atoms with Crippen molar-refractivity contribution in [2.45, 2.75) is 43.2 Å². The number of carbonyl (C=O) groups excluding carboxylic acids is 1. The standard InChI is InChI=1S/C25H22F6N4O3S/c1-2-39(37,38)19-6-3-15(4-7-19)10-32-22(36)16-5-8-20-17(9-16)13-35(14-21(20)25(29,30)31)23-33-11-18(12-34-23)24(26,27)28/h3-9,11-12,21H,2,10,13-14H2,1H3,(H,32,36). The Morgan fingerprint density at radius 1 is 1.03 bits per heavy atom. The maximum atomic E-state index is 13.9. The van der Waals surface area contributed by atoms with Gasteiger partial charge in [-0.25, -0.2) is 18.4 Å². The Labute approximate surface area is 219 Å². The summed E-state index contributed by atoms with van der Waals surface area (Å²) < 4.78 is 104. The molecule has 3 aromatic rings. The number of alkyl halides is 6. The molecule has 2 heterocycles. The molecule has 4 rings (SSSR count). The van der Waals surface area contributed by atoms with Crippen LogP contribution in [-0.4, -0.2) is 42.8 Å². The highest BCUT2D eigenvalue weighted by molar-refractivity contribution is 7.91. The van der Waals surface area contributed by atoms with Crippen LogP contribution < -0.4 is 10.2 Å². The van der Waals surface area contributed by atoms with Gasteiger partial charge in [-0.15, -0.1) is 0 Å². The van der Waals surface area contributed by atoms with Gasteiger partial charge in [-0.05, 0) is 41.0 Å². The van der Waals surface area contributed by atoms with Crippen molar-refractivity contribution >= 4 is 21.7 Å². The molecule has 1 aromatic heterocycles. The van der Waals surface area contributed by atoms with E-state index in [0.29, 0.717) is 18.0 Å². The maximum Gasteiger partial charge on any atom is 0.419 e. The van der Waals surface area contributed by atoms with Crippen LogP contribution in [0.3, 0.4) is 0 Å². The first-order valence-electron chi connectivity index (χ1n) is 11.6. The lowest BCUT2D eigenvalue weighted by Gasteiger charge is -2.35. The van der Waals surface area contributed by atoms with Gasteiger partial charge in [0.2, 0.25) is 5.95 Å². The second-order valence-electron chi connectivity index (χ2n) is 8.89. The van der Waals surface area contributed by atoms with Crippen LogP contribution in [0.2, 0.25) is 0 Å². The normalized spacial score (nSPS) is 16.1. The number of amides is 1. The van der Waals surface area contributed by atoms with Crippen LogP contribution in [0.25, 0.3) is 0 Å². The highest BCUT2D eigenvalue weighted by Gasteiger charge is 2.45. The fraction of sp³-hybridized carbons (Fsp3) is 0.320. The molecule has 0 bridgehead atoms. The summed E-state index contributed by atoms with van der Waals surface area (Å²) in [6, 6.07) is 9.74. The van der Waals surface area contributed by atoms with Gasteiger partial charge in [-0.1, -0.05) is 25.1 Å². The first kappa shape index (κ1) is 28.3. The molecule has 1 aliphatic heterocycles. The van der Waals surface area contributed by atoms with E-state index in [1.807, 2.05) is 0 Å². The van der Waals surface area contributed by atoms with Gasteiger partial charge >= 0.3 is 12.4 Å². The number of hydrogen-bond acceptors (Lipinski definition) is 6. The van der Waals surface area contributed by atoms with Gasteiger partial charge in [0.1, 0.15) is 0 Å². The number of nitrogens with zero attached hydrogens (tertiary/aromatic N) is 3. The second-order valence-corrected chi connectivity index (χ2v) is 11.2. The second kappa shape index (κ2) is 10.5. The number of nitrogens with one attached hydrogen (secondary N) is 1. The van der Waals surface area contributed by atoms with E-state index < -0.39 is 46.1 Å². The Hall–Kier alpha value is -3.68. The van der Waals surface area contributed by atoms with Crippen molar-refractivity contribution in [3.63, 3.8) is 0 Å². The van der Waals surface area contributed by atoms with Gasteiger partial charge in [-0.3, -0.25) is 4.79 Å². The molecule has 2 aromatic carbocycles. The van der Waals surface area contributed by atoms with E-state index in [4.69, 9.17) is 0 Å². The van der Waals surface area contributed by atoms with E-state index in [9.17, 15) is 39.6 Å². The summed E-state index contributed by atoms with van der Waals surface area (Å²) in [4.78, 5) is 21.3. The minimum Gasteiger partial charge on any atom is -0.348 e. The van der Waals surface area contributed by atoms with Crippen LogP contribution in [0.1, 0.15) is 45.5 Å². The summed E-state index contributed by atoms with van der Waals surface area (Å²) in [6.07, 6.45) is -8.34. The third kappa shape index (κ3) is 6.32. The van der Waals surface area contributed by atoms with Crippen molar-refractivity contribution in [1.82, 2.24) is 15.3 Å². The third-order valence-electron chi connectivity index (χ3n) is 6.30. The summed E-state index contributed by atoms with van der Waals surface area (Å²) in [5.74, 6) is -2.90. The third-order valence-corrected chi connectivity index (χ3v) is 8.05. The fourth-order valence-electron chi connectivity index (χ4n) is 4.14. The molecule has 1 unspecified atom stereocenters.